The predicted octanol–water partition coefficient (Wildman–Crippen LogP) is 3.14. The minimum atomic E-state index is -0.209. The van der Waals surface area contributed by atoms with Gasteiger partial charge in [0.25, 0.3) is 0 Å². The van der Waals surface area contributed by atoms with Crippen LogP contribution in [0.3, 0.4) is 0 Å². The van der Waals surface area contributed by atoms with Crippen molar-refractivity contribution in [1.82, 2.24) is 5.32 Å². The van der Waals surface area contributed by atoms with Gasteiger partial charge in [-0.1, -0.05) is 26.0 Å². The first-order chi connectivity index (χ1) is 10.5. The van der Waals surface area contributed by atoms with E-state index in [1.54, 1.807) is 0 Å². The number of carbonyl (C=O) groups excluding carboxylic acids is 1. The van der Waals surface area contributed by atoms with E-state index < -0.39 is 0 Å². The zero-order valence-electron chi connectivity index (χ0n) is 13.8. The summed E-state index contributed by atoms with van der Waals surface area (Å²) in [5, 5.41) is 14.8. The molecule has 22 heavy (non-hydrogen) atoms. The van der Waals surface area contributed by atoms with Crippen molar-refractivity contribution in [3.63, 3.8) is 0 Å². The Labute approximate surface area is 133 Å². The van der Waals surface area contributed by atoms with Crippen molar-refractivity contribution in [2.45, 2.75) is 40.2 Å². The fourth-order valence-corrected chi connectivity index (χ4v) is 1.93. The minimum absolute atomic E-state index is 0.0887. The van der Waals surface area contributed by atoms with Crippen LogP contribution >= 0.6 is 0 Å². The topological polar surface area (TPSA) is 70.6 Å². The van der Waals surface area contributed by atoms with Gasteiger partial charge in [-0.3, -0.25) is 0 Å². The summed E-state index contributed by atoms with van der Waals surface area (Å²) in [4.78, 5) is 11.8. The molecule has 0 saturated heterocycles. The number of amides is 2. The first kappa shape index (κ1) is 18.5. The van der Waals surface area contributed by atoms with Gasteiger partial charge in [-0.2, -0.15) is 0 Å². The van der Waals surface area contributed by atoms with Gasteiger partial charge in [0, 0.05) is 25.4 Å². The van der Waals surface area contributed by atoms with Crippen molar-refractivity contribution < 1.29 is 14.6 Å². The largest absolute Gasteiger partial charge is 0.396 e. The van der Waals surface area contributed by atoms with E-state index in [1.807, 2.05) is 45.0 Å². The molecule has 0 aliphatic heterocycles. The highest BCUT2D eigenvalue weighted by Gasteiger charge is 2.15. The van der Waals surface area contributed by atoms with Gasteiger partial charge in [0.15, 0.2) is 0 Å². The second kappa shape index (κ2) is 9.43. The Hall–Kier alpha value is -1.59. The van der Waals surface area contributed by atoms with Crippen molar-refractivity contribution in [2.75, 3.05) is 25.1 Å². The Bertz CT molecular complexity index is 444. The number of aliphatic hydroxyl groups excluding tert-OH is 1. The number of nitrogens with one attached hydrogen (secondary N) is 2. The second-order valence-corrected chi connectivity index (χ2v) is 6.14. The van der Waals surface area contributed by atoms with E-state index in [9.17, 15) is 4.79 Å². The van der Waals surface area contributed by atoms with Crippen LogP contribution in [0.25, 0.3) is 0 Å². The number of anilines is 1. The van der Waals surface area contributed by atoms with Gasteiger partial charge in [0.2, 0.25) is 0 Å². The summed E-state index contributed by atoms with van der Waals surface area (Å²) in [5.41, 5.74) is 1.75. The number of hydrogen-bond donors (Lipinski definition) is 3. The van der Waals surface area contributed by atoms with Crippen molar-refractivity contribution in [1.29, 1.82) is 0 Å². The number of ether oxygens (including phenoxy) is 1. The smallest absolute Gasteiger partial charge is 0.319 e. The normalized spacial score (nSPS) is 11.3. The van der Waals surface area contributed by atoms with Crippen LogP contribution in [0.2, 0.25) is 0 Å². The molecular weight excluding hydrogens is 280 g/mol. The highest BCUT2D eigenvalue weighted by Crippen LogP contribution is 2.20. The number of benzene rings is 1. The average molecular weight is 308 g/mol. The van der Waals surface area contributed by atoms with E-state index in [0.717, 1.165) is 24.1 Å². The van der Waals surface area contributed by atoms with Crippen LogP contribution in [0, 0.1) is 5.41 Å². The van der Waals surface area contributed by atoms with Crippen molar-refractivity contribution in [3.8, 4) is 0 Å². The molecule has 0 bridgehead atoms. The van der Waals surface area contributed by atoms with E-state index in [0.29, 0.717) is 19.8 Å². The number of carbonyl (C=O) groups is 1. The van der Waals surface area contributed by atoms with Crippen molar-refractivity contribution in [3.05, 3.63) is 29.8 Å². The summed E-state index contributed by atoms with van der Waals surface area (Å²) in [6.45, 7) is 8.01. The third-order valence-electron chi connectivity index (χ3n) is 3.43. The molecular formula is C17H28N2O3. The summed E-state index contributed by atoms with van der Waals surface area (Å²) in [7, 11) is 0. The molecule has 0 aliphatic carbocycles. The van der Waals surface area contributed by atoms with E-state index in [-0.39, 0.29) is 18.1 Å². The van der Waals surface area contributed by atoms with Crippen LogP contribution in [-0.2, 0) is 11.3 Å². The third-order valence-corrected chi connectivity index (χ3v) is 3.43. The lowest BCUT2D eigenvalue weighted by Crippen LogP contribution is -2.30. The first-order valence-corrected chi connectivity index (χ1v) is 7.79. The minimum Gasteiger partial charge on any atom is -0.396 e. The van der Waals surface area contributed by atoms with Gasteiger partial charge >= 0.3 is 6.03 Å². The Morgan fingerprint density at radius 3 is 2.55 bits per heavy atom. The molecule has 0 aromatic heterocycles. The Morgan fingerprint density at radius 1 is 1.27 bits per heavy atom. The second-order valence-electron chi connectivity index (χ2n) is 6.14. The molecule has 0 atom stereocenters. The molecule has 0 fully saturated rings. The molecule has 0 aliphatic rings. The standard InChI is InChI=1S/C17H28N2O3/c1-4-22-12-14-6-8-15(9-7-14)19-16(21)18-11-5-10-17(2,3)13-20/h6-9,20H,4-5,10-13H2,1-3H3,(H2,18,19,21). The number of rotatable bonds is 9. The monoisotopic (exact) mass is 308 g/mol. The van der Waals surface area contributed by atoms with Crippen LogP contribution in [0.1, 0.15) is 39.2 Å². The molecule has 1 aromatic rings. The highest BCUT2D eigenvalue weighted by atomic mass is 16.5. The SMILES string of the molecule is CCOCc1ccc(NC(=O)NCCCC(C)(C)CO)cc1. The summed E-state index contributed by atoms with van der Waals surface area (Å²) >= 11 is 0. The molecule has 0 spiro atoms. The summed E-state index contributed by atoms with van der Waals surface area (Å²) in [6, 6.07) is 7.40. The fraction of sp³-hybridized carbons (Fsp3) is 0.588. The van der Waals surface area contributed by atoms with E-state index in [1.165, 1.54) is 0 Å². The molecule has 0 saturated carbocycles. The molecule has 0 unspecified atom stereocenters. The quantitative estimate of drug-likeness (QED) is 0.614. The molecule has 0 heterocycles. The van der Waals surface area contributed by atoms with Gasteiger partial charge in [-0.25, -0.2) is 4.79 Å². The average Bonchev–Trinajstić information content (AvgIpc) is 2.51. The first-order valence-electron chi connectivity index (χ1n) is 7.79. The maximum atomic E-state index is 11.8. The Morgan fingerprint density at radius 2 is 1.95 bits per heavy atom. The maximum absolute atomic E-state index is 11.8. The van der Waals surface area contributed by atoms with Gasteiger partial charge in [0.05, 0.1) is 6.61 Å². The van der Waals surface area contributed by atoms with Crippen LogP contribution in [0.5, 0.6) is 0 Å². The fourth-order valence-electron chi connectivity index (χ4n) is 1.93. The van der Waals surface area contributed by atoms with Gasteiger partial charge in [-0.15, -0.1) is 0 Å². The molecule has 0 radical (unpaired) electrons. The zero-order chi connectivity index (χ0) is 16.4. The lowest BCUT2D eigenvalue weighted by Gasteiger charge is -2.21. The Kier molecular flexibility index (Phi) is 7.91. The number of hydrogen-bond acceptors (Lipinski definition) is 3. The number of aliphatic hydroxyl groups is 1. The van der Waals surface area contributed by atoms with Crippen LogP contribution in [0.15, 0.2) is 24.3 Å². The van der Waals surface area contributed by atoms with Crippen molar-refractivity contribution in [2.24, 2.45) is 5.41 Å². The molecule has 124 valence electrons. The highest BCUT2D eigenvalue weighted by molar-refractivity contribution is 5.89. The van der Waals surface area contributed by atoms with Crippen molar-refractivity contribution >= 4 is 11.7 Å². The van der Waals surface area contributed by atoms with E-state index in [4.69, 9.17) is 9.84 Å². The van der Waals surface area contributed by atoms with Gasteiger partial charge in [0.1, 0.15) is 0 Å². The van der Waals surface area contributed by atoms with Gasteiger partial charge in [-0.05, 0) is 42.9 Å². The van der Waals surface area contributed by atoms with Crippen LogP contribution in [0.4, 0.5) is 10.5 Å². The van der Waals surface area contributed by atoms with E-state index in [2.05, 4.69) is 10.6 Å². The third kappa shape index (κ3) is 7.43. The zero-order valence-corrected chi connectivity index (χ0v) is 13.8. The van der Waals surface area contributed by atoms with E-state index >= 15 is 0 Å². The van der Waals surface area contributed by atoms with Crippen LogP contribution < -0.4 is 10.6 Å². The van der Waals surface area contributed by atoms with Crippen LogP contribution in [-0.4, -0.2) is 30.9 Å². The lowest BCUT2D eigenvalue weighted by atomic mass is 9.89. The summed E-state index contributed by atoms with van der Waals surface area (Å²) < 4.78 is 5.33. The summed E-state index contributed by atoms with van der Waals surface area (Å²) in [5.74, 6) is 0. The molecule has 5 heteroatoms. The number of urea groups is 1. The molecule has 1 rings (SSSR count). The Balaban J connectivity index is 2.27. The predicted molar refractivity (Wildman–Crippen MR) is 88.9 cm³/mol. The summed E-state index contributed by atoms with van der Waals surface area (Å²) in [6.07, 6.45) is 1.71. The molecule has 3 N–H and O–H groups in total. The van der Waals surface area contributed by atoms with Gasteiger partial charge < -0.3 is 20.5 Å². The molecule has 1 aromatic carbocycles. The lowest BCUT2D eigenvalue weighted by molar-refractivity contribution is 0.134. The molecule has 5 nitrogen and oxygen atoms in total. The molecule has 2 amide bonds. The maximum Gasteiger partial charge on any atom is 0.319 e.